The average Bonchev–Trinajstić information content (AvgIpc) is 3.62. The highest BCUT2D eigenvalue weighted by Gasteiger charge is 2.57. The van der Waals surface area contributed by atoms with E-state index < -0.39 is 18.1 Å². The van der Waals surface area contributed by atoms with Crippen molar-refractivity contribution in [2.45, 2.75) is 97.0 Å². The van der Waals surface area contributed by atoms with Gasteiger partial charge in [0.05, 0.1) is 20.3 Å². The maximum Gasteiger partial charge on any atom is 0.251 e. The van der Waals surface area contributed by atoms with Gasteiger partial charge in [-0.1, -0.05) is 76.2 Å². The molecule has 3 aromatic rings. The van der Waals surface area contributed by atoms with Gasteiger partial charge in [0.25, 0.3) is 5.91 Å². The fourth-order valence-electron chi connectivity index (χ4n) is 11.0. The van der Waals surface area contributed by atoms with Crippen molar-refractivity contribution in [3.05, 3.63) is 83.4 Å². The molecular weight excluding hydrogens is 805 g/mol. The Balaban J connectivity index is 1.30. The molecule has 3 N–H and O–H groups in total. The van der Waals surface area contributed by atoms with Crippen LogP contribution in [0.3, 0.4) is 0 Å². The van der Waals surface area contributed by atoms with Gasteiger partial charge in [-0.15, -0.1) is 0 Å². The summed E-state index contributed by atoms with van der Waals surface area (Å²) in [7, 11) is 13.6. The number of carbonyl (C=O) groups excluding carboxylic acids is 3. The molecule has 12 nitrogen and oxygen atoms in total. The van der Waals surface area contributed by atoms with Crippen molar-refractivity contribution in [3.8, 4) is 16.9 Å². The molecule has 2 bridgehead atoms. The van der Waals surface area contributed by atoms with E-state index in [1.54, 1.807) is 12.2 Å². The molecule has 0 spiro atoms. The van der Waals surface area contributed by atoms with Gasteiger partial charge in [0.15, 0.2) is 0 Å². The minimum atomic E-state index is -0.757. The number of carbonyl (C=O) groups is 3. The van der Waals surface area contributed by atoms with Crippen LogP contribution >= 0.6 is 0 Å². The predicted octanol–water partition coefficient (Wildman–Crippen LogP) is 6.55. The molecule has 9 atom stereocenters. The molecule has 2 amide bonds. The van der Waals surface area contributed by atoms with Gasteiger partial charge < -0.3 is 35.2 Å². The third kappa shape index (κ3) is 11.4. The summed E-state index contributed by atoms with van der Waals surface area (Å²) in [6.45, 7) is 10.4. The number of methoxy groups -OCH3 is 1. The minimum Gasteiger partial charge on any atom is -0.496 e. The van der Waals surface area contributed by atoms with Crippen molar-refractivity contribution >= 4 is 23.3 Å². The number of hydroxylamine groups is 2. The van der Waals surface area contributed by atoms with E-state index in [2.05, 4.69) is 59.4 Å². The Bertz CT molecular complexity index is 2060. The highest BCUT2D eigenvalue weighted by atomic mass is 16.7. The summed E-state index contributed by atoms with van der Waals surface area (Å²) in [5.74, 6) is 1.23. The lowest BCUT2D eigenvalue weighted by Crippen LogP contribution is -2.62. The van der Waals surface area contributed by atoms with Crippen LogP contribution in [0.2, 0.25) is 0 Å². The Morgan fingerprint density at radius 1 is 0.969 bits per heavy atom. The van der Waals surface area contributed by atoms with Crippen LogP contribution in [0.25, 0.3) is 11.1 Å². The first kappa shape index (κ1) is 49.1. The summed E-state index contributed by atoms with van der Waals surface area (Å²) in [5.41, 5.74) is 5.19. The molecule has 1 heterocycles. The number of benzene rings is 3. The second-order valence-corrected chi connectivity index (χ2v) is 20.4. The number of hydrogen-bond donors (Lipinski definition) is 3. The monoisotopic (exact) mass is 881 g/mol. The summed E-state index contributed by atoms with van der Waals surface area (Å²) in [5, 5.41) is 19.4. The first-order valence-electron chi connectivity index (χ1n) is 23.4. The Hall–Kier alpha value is -4.33. The lowest BCUT2D eigenvalue weighted by molar-refractivity contribution is -0.183. The van der Waals surface area contributed by atoms with Gasteiger partial charge in [-0.3, -0.25) is 19.2 Å². The zero-order chi connectivity index (χ0) is 46.5. The molecule has 3 aliphatic carbocycles. The minimum absolute atomic E-state index is 0.0349. The highest BCUT2D eigenvalue weighted by Crippen LogP contribution is 2.61. The number of ether oxygens (including phenoxy) is 1. The molecule has 0 radical (unpaired) electrons. The number of aliphatic hydroxyl groups excluding tert-OH is 1. The standard InChI is InChI=1S/C52H76N6O6/c1-33(23-42(60)20-16-22-55(5)6)47-46(32-59)64-58(48(47)51(62)54-45-29-39-28-44(34(45)2)52(39,3)4)30-36-19-15-21-43(49(36)63-11)37-25-38(27-41(26-37)57(9)10)50(61)53-40(31-56(7)8)24-35-17-13-12-14-18-35/h12-15,17-19,21,25-27,33-34,39-40,44-48,59H,16,20,22-24,28-32H2,1-11H3,(H,53,61)(H,54,62)/t33-,34+,39-,40+,44+,45+,46+,47-,48+/m1/s1. The lowest BCUT2D eigenvalue weighted by Gasteiger charge is -2.62. The molecule has 1 saturated heterocycles. The summed E-state index contributed by atoms with van der Waals surface area (Å²) in [4.78, 5) is 55.1. The van der Waals surface area contributed by atoms with Crippen molar-refractivity contribution in [1.82, 2.24) is 25.5 Å². The van der Waals surface area contributed by atoms with Crippen molar-refractivity contribution < 1.29 is 29.1 Å². The molecule has 3 aromatic carbocycles. The molecule has 0 unspecified atom stereocenters. The topological polar surface area (TPSA) is 127 Å². The predicted molar refractivity (Wildman–Crippen MR) is 255 cm³/mol. The molecule has 350 valence electrons. The number of hydrogen-bond acceptors (Lipinski definition) is 10. The molecule has 4 fully saturated rings. The van der Waals surface area contributed by atoms with Crippen molar-refractivity contribution in [2.24, 2.45) is 35.0 Å². The van der Waals surface area contributed by atoms with Gasteiger partial charge >= 0.3 is 0 Å². The number of amides is 2. The summed E-state index contributed by atoms with van der Waals surface area (Å²) < 4.78 is 6.22. The third-order valence-electron chi connectivity index (χ3n) is 14.7. The number of fused-ring (bicyclic) bond motifs is 2. The number of anilines is 1. The molecule has 4 aliphatic rings. The smallest absolute Gasteiger partial charge is 0.251 e. The molecule has 0 aromatic heterocycles. The largest absolute Gasteiger partial charge is 0.496 e. The summed E-state index contributed by atoms with van der Waals surface area (Å²) in [6.07, 6.45) is 3.68. The number of nitrogens with zero attached hydrogens (tertiary/aromatic N) is 4. The molecular formula is C52H76N6O6. The van der Waals surface area contributed by atoms with E-state index in [1.165, 1.54) is 6.42 Å². The number of para-hydroxylation sites is 1. The van der Waals surface area contributed by atoms with E-state index in [9.17, 15) is 19.5 Å². The lowest BCUT2D eigenvalue weighted by atomic mass is 9.45. The quantitative estimate of drug-likeness (QED) is 0.109. The zero-order valence-corrected chi connectivity index (χ0v) is 40.4. The molecule has 3 saturated carbocycles. The molecule has 1 aliphatic heterocycles. The zero-order valence-electron chi connectivity index (χ0n) is 40.4. The number of nitrogens with one attached hydrogen (secondary N) is 2. The number of ketones is 1. The van der Waals surface area contributed by atoms with Gasteiger partial charge in [0, 0.05) is 73.9 Å². The number of aliphatic hydroxyl groups is 1. The molecule has 7 rings (SSSR count). The van der Waals surface area contributed by atoms with Crippen LogP contribution in [-0.2, 0) is 27.4 Å². The molecule has 64 heavy (non-hydrogen) atoms. The Labute approximate surface area is 383 Å². The third-order valence-corrected chi connectivity index (χ3v) is 14.7. The van der Waals surface area contributed by atoms with Crippen LogP contribution in [-0.4, -0.2) is 131 Å². The normalized spacial score (nSPS) is 24.8. The SMILES string of the molecule is COc1c(CN2O[C@@H](CO)[C@@H]([C@H](C)CC(=O)CCCN(C)C)[C@H]2C(=O)N[C@H]2C[C@H]3C[C@@H]([C@@H]2C)C3(C)C)cccc1-c1cc(C(=O)N[C@@H](Cc2ccccc2)CN(C)C)cc(N(C)C)c1. The van der Waals surface area contributed by atoms with Crippen LogP contribution in [0.4, 0.5) is 5.69 Å². The van der Waals surface area contributed by atoms with Crippen LogP contribution < -0.4 is 20.3 Å². The van der Waals surface area contributed by atoms with Crippen molar-refractivity contribution in [3.63, 3.8) is 0 Å². The van der Waals surface area contributed by atoms with E-state index in [4.69, 9.17) is 9.57 Å². The average molecular weight is 881 g/mol. The van der Waals surface area contributed by atoms with E-state index in [1.807, 2.05) is 103 Å². The van der Waals surface area contributed by atoms with E-state index in [0.717, 1.165) is 47.3 Å². The van der Waals surface area contributed by atoms with Crippen LogP contribution in [0.5, 0.6) is 5.75 Å². The van der Waals surface area contributed by atoms with Gasteiger partial charge in [-0.2, -0.15) is 5.06 Å². The van der Waals surface area contributed by atoms with Crippen molar-refractivity contribution in [1.29, 1.82) is 0 Å². The van der Waals surface area contributed by atoms with Gasteiger partial charge in [0.2, 0.25) is 5.91 Å². The second kappa shape index (κ2) is 21.3. The van der Waals surface area contributed by atoms with Crippen LogP contribution in [0.1, 0.15) is 81.3 Å². The first-order valence-corrected chi connectivity index (χ1v) is 23.4. The molecule has 12 heteroatoms. The number of rotatable bonds is 21. The fraction of sp³-hybridized carbons (Fsp3) is 0.596. The first-order chi connectivity index (χ1) is 30.4. The van der Waals surface area contributed by atoms with Gasteiger partial charge in [-0.25, -0.2) is 0 Å². The van der Waals surface area contributed by atoms with Gasteiger partial charge in [-0.05, 0) is 119 Å². The highest BCUT2D eigenvalue weighted by molar-refractivity contribution is 5.97. The van der Waals surface area contributed by atoms with Crippen LogP contribution in [0.15, 0.2) is 66.7 Å². The maximum atomic E-state index is 14.9. The second-order valence-electron chi connectivity index (χ2n) is 20.4. The van der Waals surface area contributed by atoms with Crippen molar-refractivity contribution in [2.75, 3.05) is 74.0 Å². The summed E-state index contributed by atoms with van der Waals surface area (Å²) in [6, 6.07) is 21.1. The van der Waals surface area contributed by atoms with E-state index in [0.29, 0.717) is 54.9 Å². The fourth-order valence-corrected chi connectivity index (χ4v) is 11.0. The maximum absolute atomic E-state index is 14.9. The van der Waals surface area contributed by atoms with Crippen LogP contribution in [0, 0.1) is 35.0 Å². The Kier molecular flexibility index (Phi) is 16.4. The Morgan fingerprint density at radius 2 is 1.70 bits per heavy atom. The summed E-state index contributed by atoms with van der Waals surface area (Å²) >= 11 is 0. The number of Topliss-reactive ketones (excluding diaryl/α,β-unsaturated/α-hetero) is 1. The van der Waals surface area contributed by atoms with Gasteiger partial charge in [0.1, 0.15) is 23.7 Å². The Morgan fingerprint density at radius 3 is 2.33 bits per heavy atom. The number of likely N-dealkylation sites (N-methyl/N-ethyl adjacent to an activating group) is 1. The van der Waals surface area contributed by atoms with E-state index in [-0.39, 0.29) is 54.2 Å². The van der Waals surface area contributed by atoms with E-state index >= 15 is 0 Å².